The van der Waals surface area contributed by atoms with Gasteiger partial charge in [-0.05, 0) is 45.4 Å². The Labute approximate surface area is 172 Å². The molecular weight excluding hydrogens is 390 g/mol. The Morgan fingerprint density at radius 1 is 1.23 bits per heavy atom. The number of aromatic hydroxyl groups is 1. The molecule has 0 bridgehead atoms. The summed E-state index contributed by atoms with van der Waals surface area (Å²) in [6.45, 7) is 6.72. The molecule has 0 aliphatic heterocycles. The van der Waals surface area contributed by atoms with E-state index in [4.69, 9.17) is 13.9 Å². The van der Waals surface area contributed by atoms with Gasteiger partial charge in [-0.15, -0.1) is 0 Å². The van der Waals surface area contributed by atoms with Gasteiger partial charge in [-0.1, -0.05) is 0 Å². The van der Waals surface area contributed by atoms with Crippen LogP contribution in [0.1, 0.15) is 51.5 Å². The second-order valence-electron chi connectivity index (χ2n) is 6.96. The standard InChI is InChI=1S/C22H23NO7/c1-5-28-22(27)19-11(2)20(23-12(19)3)21(26)13(4)30-18(25)8-14-10-29-17-9-15(24)6-7-16(14)17/h6-7,9-10,13,23-24H,5,8H2,1-4H3/t13-/m0/s1. The number of furan rings is 1. The molecule has 0 amide bonds. The Bertz CT molecular complexity index is 1120. The number of benzene rings is 1. The zero-order chi connectivity index (χ0) is 22.0. The van der Waals surface area contributed by atoms with Gasteiger partial charge < -0.3 is 24.0 Å². The van der Waals surface area contributed by atoms with E-state index in [9.17, 15) is 19.5 Å². The third-order valence-electron chi connectivity index (χ3n) is 4.81. The van der Waals surface area contributed by atoms with Gasteiger partial charge >= 0.3 is 11.9 Å². The molecule has 0 saturated heterocycles. The van der Waals surface area contributed by atoms with E-state index < -0.39 is 23.8 Å². The van der Waals surface area contributed by atoms with E-state index in [0.29, 0.717) is 33.4 Å². The molecule has 30 heavy (non-hydrogen) atoms. The van der Waals surface area contributed by atoms with Crippen molar-refractivity contribution in [1.82, 2.24) is 4.98 Å². The summed E-state index contributed by atoms with van der Waals surface area (Å²) in [5.41, 5.74) is 2.53. The number of aryl methyl sites for hydroxylation is 1. The van der Waals surface area contributed by atoms with Crippen LogP contribution in [0.15, 0.2) is 28.9 Å². The molecular formula is C22H23NO7. The number of ether oxygens (including phenoxy) is 2. The van der Waals surface area contributed by atoms with E-state index >= 15 is 0 Å². The minimum atomic E-state index is -1.05. The summed E-state index contributed by atoms with van der Waals surface area (Å²) >= 11 is 0. The maximum atomic E-state index is 12.8. The number of H-pyrrole nitrogens is 1. The molecule has 0 aliphatic rings. The monoisotopic (exact) mass is 413 g/mol. The van der Waals surface area contributed by atoms with Gasteiger partial charge in [0.1, 0.15) is 11.3 Å². The first-order valence-corrected chi connectivity index (χ1v) is 9.52. The van der Waals surface area contributed by atoms with E-state index in [1.807, 2.05) is 0 Å². The van der Waals surface area contributed by atoms with Gasteiger partial charge in [-0.25, -0.2) is 4.79 Å². The number of carbonyl (C=O) groups is 3. The van der Waals surface area contributed by atoms with Gasteiger partial charge in [0, 0.05) is 22.7 Å². The number of aromatic nitrogens is 1. The Hall–Kier alpha value is -3.55. The molecule has 2 aromatic heterocycles. The second kappa shape index (κ2) is 8.44. The van der Waals surface area contributed by atoms with Gasteiger partial charge in [0.2, 0.25) is 5.78 Å². The van der Waals surface area contributed by atoms with Crippen molar-refractivity contribution in [3.8, 4) is 5.75 Å². The quantitative estimate of drug-likeness (QED) is 0.448. The molecule has 0 saturated carbocycles. The van der Waals surface area contributed by atoms with Crippen LogP contribution in [-0.4, -0.2) is 40.5 Å². The number of ketones is 1. The first-order valence-electron chi connectivity index (χ1n) is 9.52. The zero-order valence-corrected chi connectivity index (χ0v) is 17.2. The van der Waals surface area contributed by atoms with Gasteiger partial charge in [0.05, 0.1) is 30.5 Å². The third-order valence-corrected chi connectivity index (χ3v) is 4.81. The number of nitrogens with one attached hydrogen (secondary N) is 1. The lowest BCUT2D eigenvalue weighted by Gasteiger charge is -2.12. The topological polar surface area (TPSA) is 119 Å². The molecule has 0 fully saturated rings. The van der Waals surface area contributed by atoms with E-state index in [0.717, 1.165) is 0 Å². The number of hydrogen-bond donors (Lipinski definition) is 2. The van der Waals surface area contributed by atoms with Crippen LogP contribution in [0.3, 0.4) is 0 Å². The summed E-state index contributed by atoms with van der Waals surface area (Å²) in [5, 5.41) is 10.2. The minimum Gasteiger partial charge on any atom is -0.508 e. The number of phenolic OH excluding ortho intramolecular Hbond substituents is 1. The number of fused-ring (bicyclic) bond motifs is 1. The highest BCUT2D eigenvalue weighted by Gasteiger charge is 2.27. The molecule has 0 unspecified atom stereocenters. The van der Waals surface area contributed by atoms with Crippen molar-refractivity contribution in [2.75, 3.05) is 6.61 Å². The first kappa shape index (κ1) is 21.2. The van der Waals surface area contributed by atoms with Gasteiger partial charge in [-0.3, -0.25) is 9.59 Å². The number of rotatable bonds is 7. The van der Waals surface area contributed by atoms with Crippen molar-refractivity contribution >= 4 is 28.7 Å². The maximum absolute atomic E-state index is 12.8. The molecule has 0 radical (unpaired) electrons. The van der Waals surface area contributed by atoms with Crippen LogP contribution in [0, 0.1) is 13.8 Å². The SMILES string of the molecule is CCOC(=O)c1c(C)[nH]c(C(=O)[C@H](C)OC(=O)Cc2coc3cc(O)ccc23)c1C. The average Bonchev–Trinajstić information content (AvgIpc) is 3.20. The van der Waals surface area contributed by atoms with Crippen molar-refractivity contribution in [1.29, 1.82) is 0 Å². The van der Waals surface area contributed by atoms with Crippen LogP contribution in [0.25, 0.3) is 11.0 Å². The molecule has 8 nitrogen and oxygen atoms in total. The minimum absolute atomic E-state index is 0.0593. The number of aromatic amines is 1. The number of carbonyl (C=O) groups excluding carboxylic acids is 3. The van der Waals surface area contributed by atoms with Crippen LogP contribution in [0.2, 0.25) is 0 Å². The van der Waals surface area contributed by atoms with E-state index in [1.165, 1.54) is 25.3 Å². The largest absolute Gasteiger partial charge is 0.508 e. The highest BCUT2D eigenvalue weighted by Crippen LogP contribution is 2.26. The lowest BCUT2D eigenvalue weighted by Crippen LogP contribution is -2.26. The summed E-state index contributed by atoms with van der Waals surface area (Å²) < 4.78 is 15.7. The van der Waals surface area contributed by atoms with Crippen molar-refractivity contribution < 1.29 is 33.4 Å². The number of phenols is 1. The van der Waals surface area contributed by atoms with Crippen LogP contribution in [0.4, 0.5) is 0 Å². The van der Waals surface area contributed by atoms with E-state index in [2.05, 4.69) is 4.98 Å². The number of Topliss-reactive ketones (excluding diaryl/α,β-unsaturated/α-hetero) is 1. The molecule has 2 N–H and O–H groups in total. The van der Waals surface area contributed by atoms with Crippen LogP contribution < -0.4 is 0 Å². The Morgan fingerprint density at radius 3 is 2.67 bits per heavy atom. The Morgan fingerprint density at radius 2 is 1.97 bits per heavy atom. The lowest BCUT2D eigenvalue weighted by atomic mass is 10.1. The van der Waals surface area contributed by atoms with Crippen LogP contribution >= 0.6 is 0 Å². The fourth-order valence-corrected chi connectivity index (χ4v) is 3.37. The first-order chi connectivity index (χ1) is 14.2. The summed E-state index contributed by atoms with van der Waals surface area (Å²) in [7, 11) is 0. The van der Waals surface area contributed by atoms with Gasteiger partial charge in [0.25, 0.3) is 0 Å². The molecule has 0 aliphatic carbocycles. The third kappa shape index (κ3) is 4.07. The lowest BCUT2D eigenvalue weighted by molar-refractivity contribution is -0.145. The maximum Gasteiger partial charge on any atom is 0.340 e. The smallest absolute Gasteiger partial charge is 0.340 e. The number of hydrogen-bond acceptors (Lipinski definition) is 7. The van der Waals surface area contributed by atoms with Gasteiger partial charge in [-0.2, -0.15) is 0 Å². The normalized spacial score (nSPS) is 12.0. The Balaban J connectivity index is 1.71. The zero-order valence-electron chi connectivity index (χ0n) is 17.2. The molecule has 3 aromatic rings. The van der Waals surface area contributed by atoms with Crippen LogP contribution in [-0.2, 0) is 20.7 Å². The van der Waals surface area contributed by atoms with Crippen molar-refractivity contribution in [3.05, 3.63) is 52.5 Å². The summed E-state index contributed by atoms with van der Waals surface area (Å²) in [6.07, 6.45) is 0.278. The predicted molar refractivity (Wildman–Crippen MR) is 108 cm³/mol. The molecule has 2 heterocycles. The fraction of sp³-hybridized carbons (Fsp3) is 0.318. The fourth-order valence-electron chi connectivity index (χ4n) is 3.37. The second-order valence-corrected chi connectivity index (χ2v) is 6.96. The molecule has 8 heteroatoms. The molecule has 0 spiro atoms. The number of esters is 2. The summed E-state index contributed by atoms with van der Waals surface area (Å²) in [4.78, 5) is 40.2. The van der Waals surface area contributed by atoms with Gasteiger partial charge in [0.15, 0.2) is 6.10 Å². The highest BCUT2D eigenvalue weighted by atomic mass is 16.5. The van der Waals surface area contributed by atoms with Crippen LogP contribution in [0.5, 0.6) is 5.75 Å². The molecule has 3 rings (SSSR count). The highest BCUT2D eigenvalue weighted by molar-refractivity contribution is 6.04. The van der Waals surface area contributed by atoms with Crippen molar-refractivity contribution in [2.45, 2.75) is 40.2 Å². The summed E-state index contributed by atoms with van der Waals surface area (Å²) in [6, 6.07) is 4.59. The summed E-state index contributed by atoms with van der Waals surface area (Å²) in [5.74, 6) is -1.49. The molecule has 158 valence electrons. The van der Waals surface area contributed by atoms with E-state index in [-0.39, 0.29) is 24.5 Å². The average molecular weight is 413 g/mol. The van der Waals surface area contributed by atoms with Crippen molar-refractivity contribution in [3.63, 3.8) is 0 Å². The molecule has 1 aromatic carbocycles. The Kier molecular flexibility index (Phi) is 5.96. The predicted octanol–water partition coefficient (Wildman–Crippen LogP) is 3.62. The van der Waals surface area contributed by atoms with E-state index in [1.54, 1.807) is 26.8 Å². The molecule has 1 atom stereocenters. The van der Waals surface area contributed by atoms with Crippen molar-refractivity contribution in [2.24, 2.45) is 0 Å².